The molecular weight excluding hydrogens is 494 g/mol. The number of halogens is 1. The lowest BCUT2D eigenvalue weighted by atomic mass is 9.94. The van der Waals surface area contributed by atoms with Gasteiger partial charge in [0.25, 0.3) is 11.7 Å². The molecule has 1 saturated heterocycles. The Morgan fingerprint density at radius 3 is 2.08 bits per heavy atom. The molecule has 1 amide bonds. The molecular formula is C29H28ClNO6. The van der Waals surface area contributed by atoms with Crippen molar-refractivity contribution in [2.75, 3.05) is 24.7 Å². The Morgan fingerprint density at radius 1 is 0.838 bits per heavy atom. The van der Waals surface area contributed by atoms with Gasteiger partial charge in [-0.2, -0.15) is 0 Å². The van der Waals surface area contributed by atoms with E-state index in [9.17, 15) is 14.7 Å². The summed E-state index contributed by atoms with van der Waals surface area (Å²) in [4.78, 5) is 28.3. The number of anilines is 1. The van der Waals surface area contributed by atoms with Crippen molar-refractivity contribution in [2.24, 2.45) is 0 Å². The average molecular weight is 522 g/mol. The lowest BCUT2D eigenvalue weighted by Crippen LogP contribution is -2.29. The van der Waals surface area contributed by atoms with Crippen molar-refractivity contribution < 1.29 is 28.9 Å². The molecule has 4 rings (SSSR count). The molecule has 7 nitrogen and oxygen atoms in total. The van der Waals surface area contributed by atoms with Gasteiger partial charge >= 0.3 is 0 Å². The van der Waals surface area contributed by atoms with E-state index >= 15 is 0 Å². The topological polar surface area (TPSA) is 85.3 Å². The van der Waals surface area contributed by atoms with Crippen LogP contribution in [0.4, 0.5) is 5.69 Å². The monoisotopic (exact) mass is 521 g/mol. The highest BCUT2D eigenvalue weighted by Gasteiger charge is 2.47. The van der Waals surface area contributed by atoms with Gasteiger partial charge in [-0.05, 0) is 68.8 Å². The smallest absolute Gasteiger partial charge is 0.300 e. The van der Waals surface area contributed by atoms with Crippen LogP contribution in [-0.4, -0.2) is 36.6 Å². The quantitative estimate of drug-likeness (QED) is 0.206. The first-order chi connectivity index (χ1) is 17.9. The lowest BCUT2D eigenvalue weighted by Gasteiger charge is -2.26. The highest BCUT2D eigenvalue weighted by Crippen LogP contribution is 2.44. The van der Waals surface area contributed by atoms with Crippen LogP contribution in [0.15, 0.2) is 72.3 Å². The van der Waals surface area contributed by atoms with Gasteiger partial charge < -0.3 is 19.3 Å². The van der Waals surface area contributed by atoms with Crippen LogP contribution in [0.2, 0.25) is 5.02 Å². The molecule has 1 fully saturated rings. The molecule has 8 heteroatoms. The number of ketones is 1. The Morgan fingerprint density at radius 2 is 1.43 bits per heavy atom. The number of carbonyl (C=O) groups excluding carboxylic acids is 2. The first kappa shape index (κ1) is 26.1. The minimum Gasteiger partial charge on any atom is -0.507 e. The second-order valence-electron chi connectivity index (χ2n) is 8.18. The summed E-state index contributed by atoms with van der Waals surface area (Å²) < 4.78 is 16.8. The molecule has 0 aromatic heterocycles. The zero-order chi connectivity index (χ0) is 26.5. The van der Waals surface area contributed by atoms with Gasteiger partial charge in [-0.1, -0.05) is 29.8 Å². The van der Waals surface area contributed by atoms with Crippen LogP contribution < -0.4 is 19.1 Å². The fourth-order valence-corrected chi connectivity index (χ4v) is 4.54. The maximum absolute atomic E-state index is 13.5. The van der Waals surface area contributed by atoms with Crippen LogP contribution in [0.5, 0.6) is 17.2 Å². The van der Waals surface area contributed by atoms with E-state index in [1.807, 2.05) is 20.8 Å². The van der Waals surface area contributed by atoms with E-state index in [4.69, 9.17) is 25.8 Å². The Bertz CT molecular complexity index is 1350. The maximum Gasteiger partial charge on any atom is 0.300 e. The Labute approximate surface area is 220 Å². The van der Waals surface area contributed by atoms with Crippen LogP contribution in [0.1, 0.15) is 37.9 Å². The zero-order valence-corrected chi connectivity index (χ0v) is 21.6. The molecule has 0 saturated carbocycles. The number of Topliss-reactive ketones (excluding diaryl/α,β-unsaturated/α-hetero) is 1. The second-order valence-corrected chi connectivity index (χ2v) is 8.59. The van der Waals surface area contributed by atoms with Crippen LogP contribution in [0, 0.1) is 0 Å². The number of amides is 1. The second kappa shape index (κ2) is 11.4. The van der Waals surface area contributed by atoms with Crippen LogP contribution in [-0.2, 0) is 9.59 Å². The highest BCUT2D eigenvalue weighted by atomic mass is 35.5. The van der Waals surface area contributed by atoms with Crippen LogP contribution in [0.3, 0.4) is 0 Å². The number of hydrogen-bond donors (Lipinski definition) is 1. The van der Waals surface area contributed by atoms with Crippen molar-refractivity contribution in [3.8, 4) is 17.2 Å². The lowest BCUT2D eigenvalue weighted by molar-refractivity contribution is -0.132. The number of carbonyl (C=O) groups is 2. The van der Waals surface area contributed by atoms with E-state index in [0.29, 0.717) is 48.3 Å². The number of hydrogen-bond acceptors (Lipinski definition) is 6. The van der Waals surface area contributed by atoms with E-state index < -0.39 is 17.7 Å². The molecule has 37 heavy (non-hydrogen) atoms. The van der Waals surface area contributed by atoms with E-state index in [-0.39, 0.29) is 21.9 Å². The standard InChI is InChI=1S/C29H28ClNO6/c1-4-35-20-11-7-9-18(15-20)26-25(27(32)23-17-22(37-6-3)13-14-24(23)30)28(33)29(34)31(26)19-10-8-12-21(16-19)36-5-2/h7-17,26,32H,4-6H2,1-3H3/b27-25+. The SMILES string of the molecule is CCOc1cccc(C2/C(=C(\O)c3cc(OCC)ccc3Cl)C(=O)C(=O)N2c2cccc(OCC)c2)c1. The molecule has 1 N–H and O–H groups in total. The van der Waals surface area contributed by atoms with Gasteiger partial charge in [0.15, 0.2) is 0 Å². The predicted molar refractivity (Wildman–Crippen MR) is 143 cm³/mol. The van der Waals surface area contributed by atoms with Gasteiger partial charge in [0, 0.05) is 17.3 Å². The Kier molecular flexibility index (Phi) is 8.04. The molecule has 3 aromatic carbocycles. The molecule has 1 aliphatic rings. The van der Waals surface area contributed by atoms with Crippen molar-refractivity contribution >= 4 is 34.7 Å². The fourth-order valence-electron chi connectivity index (χ4n) is 4.33. The third-order valence-corrected chi connectivity index (χ3v) is 6.17. The number of ether oxygens (including phenoxy) is 3. The number of benzene rings is 3. The molecule has 3 aromatic rings. The minimum absolute atomic E-state index is 0.0870. The first-order valence-electron chi connectivity index (χ1n) is 12.1. The normalized spacial score (nSPS) is 16.6. The number of aliphatic hydroxyl groups excluding tert-OH is 1. The molecule has 0 bridgehead atoms. The Balaban J connectivity index is 1.95. The number of aliphatic hydroxyl groups is 1. The van der Waals surface area contributed by atoms with Crippen molar-refractivity contribution in [3.05, 3.63) is 88.5 Å². The van der Waals surface area contributed by atoms with Gasteiger partial charge in [-0.15, -0.1) is 0 Å². The maximum atomic E-state index is 13.5. The molecule has 0 spiro atoms. The molecule has 192 valence electrons. The van der Waals surface area contributed by atoms with Crippen molar-refractivity contribution in [3.63, 3.8) is 0 Å². The highest BCUT2D eigenvalue weighted by molar-refractivity contribution is 6.52. The van der Waals surface area contributed by atoms with E-state index in [0.717, 1.165) is 0 Å². The fraction of sp³-hybridized carbons (Fsp3) is 0.241. The van der Waals surface area contributed by atoms with Crippen molar-refractivity contribution in [2.45, 2.75) is 26.8 Å². The third kappa shape index (κ3) is 5.27. The molecule has 1 atom stereocenters. The van der Waals surface area contributed by atoms with E-state index in [1.165, 1.54) is 4.90 Å². The summed E-state index contributed by atoms with van der Waals surface area (Å²) in [7, 11) is 0. The van der Waals surface area contributed by atoms with Gasteiger partial charge in [0.2, 0.25) is 0 Å². The van der Waals surface area contributed by atoms with Gasteiger partial charge in [-0.3, -0.25) is 14.5 Å². The van der Waals surface area contributed by atoms with Crippen molar-refractivity contribution in [1.29, 1.82) is 0 Å². The third-order valence-electron chi connectivity index (χ3n) is 5.84. The van der Waals surface area contributed by atoms with Crippen molar-refractivity contribution in [1.82, 2.24) is 0 Å². The molecule has 1 aliphatic heterocycles. The van der Waals surface area contributed by atoms with Gasteiger partial charge in [-0.25, -0.2) is 0 Å². The number of rotatable bonds is 9. The number of nitrogens with zero attached hydrogens (tertiary/aromatic N) is 1. The largest absolute Gasteiger partial charge is 0.507 e. The minimum atomic E-state index is -0.941. The van der Waals surface area contributed by atoms with Crippen LogP contribution >= 0.6 is 11.6 Å². The van der Waals surface area contributed by atoms with Crippen LogP contribution in [0.25, 0.3) is 5.76 Å². The van der Waals surface area contributed by atoms with Gasteiger partial charge in [0.05, 0.1) is 36.5 Å². The summed E-state index contributed by atoms with van der Waals surface area (Å²) in [5.74, 6) is -0.397. The summed E-state index contributed by atoms with van der Waals surface area (Å²) >= 11 is 6.43. The Hall–Kier alpha value is -3.97. The first-order valence-corrected chi connectivity index (χ1v) is 12.5. The summed E-state index contributed by atoms with van der Waals surface area (Å²) in [5.41, 5.74) is 1.15. The summed E-state index contributed by atoms with van der Waals surface area (Å²) in [6.45, 7) is 6.86. The zero-order valence-electron chi connectivity index (χ0n) is 20.9. The molecule has 1 unspecified atom stereocenters. The summed E-state index contributed by atoms with van der Waals surface area (Å²) in [5, 5.41) is 11.7. The van der Waals surface area contributed by atoms with E-state index in [1.54, 1.807) is 66.7 Å². The predicted octanol–water partition coefficient (Wildman–Crippen LogP) is 6.16. The summed E-state index contributed by atoms with van der Waals surface area (Å²) in [6.07, 6.45) is 0. The average Bonchev–Trinajstić information content (AvgIpc) is 3.16. The van der Waals surface area contributed by atoms with Gasteiger partial charge in [0.1, 0.15) is 23.0 Å². The summed E-state index contributed by atoms with van der Waals surface area (Å²) in [6, 6.07) is 17.9. The molecule has 0 aliphatic carbocycles. The van der Waals surface area contributed by atoms with E-state index in [2.05, 4.69) is 0 Å². The molecule has 1 heterocycles. The molecule has 0 radical (unpaired) electrons.